The van der Waals surface area contributed by atoms with Crippen molar-refractivity contribution in [2.24, 2.45) is 29.1 Å². The molecule has 0 bridgehead atoms. The smallest absolute Gasteiger partial charge is 0.156 e. The van der Waals surface area contributed by atoms with E-state index in [9.17, 15) is 0 Å². The molecule has 12 heteroatoms. The fraction of sp³-hybridized carbons (Fsp3) is 0.938. The highest BCUT2D eigenvalue weighted by Crippen LogP contribution is 2.26. The van der Waals surface area contributed by atoms with Crippen molar-refractivity contribution in [1.82, 2.24) is 0 Å². The Kier molecular flexibility index (Phi) is 77.1. The van der Waals surface area contributed by atoms with E-state index in [1.165, 1.54) is 231 Å². The van der Waals surface area contributed by atoms with Gasteiger partial charge in [0, 0.05) is 25.7 Å². The molecule has 0 aromatic heterocycles. The summed E-state index contributed by atoms with van der Waals surface area (Å²) in [5, 5.41) is 70.4. The number of hydrogen-bond donors (Lipinski definition) is 8. The van der Waals surface area contributed by atoms with Crippen molar-refractivity contribution < 1.29 is 40.9 Å². The highest BCUT2D eigenvalue weighted by atomic mass is 32.1. The van der Waals surface area contributed by atoms with Crippen LogP contribution in [0.3, 0.4) is 0 Å². The minimum absolute atomic E-state index is 0.179. The van der Waals surface area contributed by atoms with Gasteiger partial charge in [-0.3, -0.25) is 0 Å². The number of aliphatic hydroxyl groups is 8. The Balaban J connectivity index is -0.000000284. The summed E-state index contributed by atoms with van der Waals surface area (Å²) in [5.74, 6) is 3.76. The lowest BCUT2D eigenvalue weighted by molar-refractivity contribution is -0.0328. The molecule has 0 atom stereocenters. The van der Waals surface area contributed by atoms with Crippen molar-refractivity contribution >= 4 is 69.1 Å². The molecule has 0 aliphatic rings. The SMILES string of the molecule is CCCCC(CCCC)CCCCCC(O)=S.CCCCC(CCCC)CCCCCC(O)=S.CCCCC(CCCC)CCCCCC(O)=S.CCCCC(CCCC)CCCCCC(O)=S.OCC(CO)(CO)CO. The first-order valence-electron chi connectivity index (χ1n) is 32.4. The first kappa shape index (κ1) is 85.2. The Bertz CT molecular complexity index is 996. The Morgan fingerprint density at radius 2 is 0.390 bits per heavy atom. The topological polar surface area (TPSA) is 162 Å². The van der Waals surface area contributed by atoms with E-state index in [2.05, 4.69) is 104 Å². The lowest BCUT2D eigenvalue weighted by Crippen LogP contribution is -2.37. The molecular formula is C65H132O8S4. The fourth-order valence-corrected chi connectivity index (χ4v) is 10.1. The first-order valence-corrected chi connectivity index (χ1v) is 34.0. The van der Waals surface area contributed by atoms with Gasteiger partial charge in [0.2, 0.25) is 0 Å². The summed E-state index contributed by atoms with van der Waals surface area (Å²) < 4.78 is 0. The van der Waals surface area contributed by atoms with Crippen LogP contribution in [0.15, 0.2) is 0 Å². The zero-order valence-corrected chi connectivity index (χ0v) is 55.2. The van der Waals surface area contributed by atoms with E-state index >= 15 is 0 Å². The molecule has 0 aromatic carbocycles. The molecule has 0 unspecified atom stereocenters. The Hall–Kier alpha value is -0.600. The average molecular weight is 1170 g/mol. The summed E-state index contributed by atoms with van der Waals surface area (Å²) in [4.78, 5) is 0. The maximum absolute atomic E-state index is 8.92. The number of rotatable bonds is 52. The van der Waals surface area contributed by atoms with Gasteiger partial charge in [0.05, 0.1) is 31.8 Å². The second-order valence-corrected chi connectivity index (χ2v) is 24.6. The van der Waals surface area contributed by atoms with Gasteiger partial charge in [0.15, 0.2) is 20.2 Å². The van der Waals surface area contributed by atoms with Crippen molar-refractivity contribution in [1.29, 1.82) is 0 Å². The van der Waals surface area contributed by atoms with Gasteiger partial charge in [-0.05, 0) is 98.2 Å². The van der Waals surface area contributed by atoms with Crippen LogP contribution in [0.4, 0.5) is 0 Å². The van der Waals surface area contributed by atoms with E-state index in [1.54, 1.807) is 0 Å². The van der Waals surface area contributed by atoms with Crippen molar-refractivity contribution in [2.45, 2.75) is 338 Å². The molecule has 0 amide bonds. The van der Waals surface area contributed by atoms with E-state index in [4.69, 9.17) is 40.9 Å². The summed E-state index contributed by atoms with van der Waals surface area (Å²) in [6.07, 6.45) is 55.6. The lowest BCUT2D eigenvalue weighted by atomic mass is 9.91. The first-order chi connectivity index (χ1) is 37.1. The number of thiocarbonyl (C=S) groups is 4. The molecule has 0 aliphatic heterocycles. The van der Waals surface area contributed by atoms with Gasteiger partial charge >= 0.3 is 0 Å². The molecular weight excluding hydrogens is 1040 g/mol. The largest absolute Gasteiger partial charge is 0.502 e. The highest BCUT2D eigenvalue weighted by Gasteiger charge is 2.26. The third kappa shape index (κ3) is 71.5. The van der Waals surface area contributed by atoms with Crippen LogP contribution in [-0.2, 0) is 0 Å². The van der Waals surface area contributed by atoms with Gasteiger partial charge in [0.25, 0.3) is 0 Å². The van der Waals surface area contributed by atoms with E-state index < -0.39 is 31.8 Å². The zero-order chi connectivity index (χ0) is 59.1. The van der Waals surface area contributed by atoms with Crippen LogP contribution in [0.2, 0.25) is 0 Å². The van der Waals surface area contributed by atoms with Crippen LogP contribution in [0.1, 0.15) is 338 Å². The zero-order valence-electron chi connectivity index (χ0n) is 52.0. The monoisotopic (exact) mass is 1170 g/mol. The maximum Gasteiger partial charge on any atom is 0.156 e. The standard InChI is InChI=1S/4C15H30OS.C5H12O4/c4*1-3-5-10-14(11-6-4-2)12-8-7-9-13-15(16)17;6-1-5(2-7,3-8)4-9/h4*14H,3-13H2,1-2H3,(H,16,17);6-9H,1-4H2. The minimum Gasteiger partial charge on any atom is -0.502 e. The third-order valence-electron chi connectivity index (χ3n) is 15.1. The molecule has 0 heterocycles. The quantitative estimate of drug-likeness (QED) is 0.0215. The van der Waals surface area contributed by atoms with E-state index in [-0.39, 0.29) is 20.2 Å². The molecule has 0 aromatic rings. The van der Waals surface area contributed by atoms with Gasteiger partial charge in [-0.1, -0.05) is 287 Å². The van der Waals surface area contributed by atoms with Crippen molar-refractivity contribution in [3.63, 3.8) is 0 Å². The minimum atomic E-state index is -1.11. The molecule has 8 nitrogen and oxygen atoms in total. The second kappa shape index (κ2) is 69.7. The molecule has 464 valence electrons. The lowest BCUT2D eigenvalue weighted by Gasteiger charge is -2.23. The number of aliphatic hydroxyl groups excluding tert-OH is 8. The fourth-order valence-electron chi connectivity index (χ4n) is 9.52. The predicted molar refractivity (Wildman–Crippen MR) is 354 cm³/mol. The molecule has 0 fully saturated rings. The molecule has 0 aliphatic carbocycles. The van der Waals surface area contributed by atoms with E-state index in [0.717, 1.165) is 49.4 Å². The normalized spacial score (nSPS) is 11.1. The van der Waals surface area contributed by atoms with Crippen molar-refractivity contribution in [2.75, 3.05) is 26.4 Å². The van der Waals surface area contributed by atoms with Gasteiger partial charge in [0.1, 0.15) is 0 Å². The van der Waals surface area contributed by atoms with Crippen LogP contribution < -0.4 is 0 Å². The Morgan fingerprint density at radius 3 is 0.494 bits per heavy atom. The molecule has 77 heavy (non-hydrogen) atoms. The molecule has 8 N–H and O–H groups in total. The number of unbranched alkanes of at least 4 members (excludes halogenated alkanes) is 16. The van der Waals surface area contributed by atoms with Gasteiger partial charge in [-0.25, -0.2) is 0 Å². The summed E-state index contributed by atoms with van der Waals surface area (Å²) in [5.41, 5.74) is -1.11. The number of hydrogen-bond acceptors (Lipinski definition) is 8. The molecule has 0 saturated heterocycles. The van der Waals surface area contributed by atoms with Crippen LogP contribution >= 0.6 is 48.9 Å². The van der Waals surface area contributed by atoms with E-state index in [0.29, 0.717) is 25.7 Å². The van der Waals surface area contributed by atoms with Crippen LogP contribution in [0.25, 0.3) is 0 Å². The highest BCUT2D eigenvalue weighted by molar-refractivity contribution is 7.80. The summed E-state index contributed by atoms with van der Waals surface area (Å²) in [6, 6.07) is 0. The molecule has 0 radical (unpaired) electrons. The van der Waals surface area contributed by atoms with Gasteiger partial charge in [-0.15, -0.1) is 0 Å². The summed E-state index contributed by atoms with van der Waals surface area (Å²) >= 11 is 18.7. The third-order valence-corrected chi connectivity index (χ3v) is 15.9. The predicted octanol–water partition coefficient (Wildman–Crippen LogP) is 21.2. The van der Waals surface area contributed by atoms with Gasteiger partial charge in [-0.2, -0.15) is 0 Å². The summed E-state index contributed by atoms with van der Waals surface area (Å²) in [7, 11) is 0. The molecule has 0 saturated carbocycles. The Labute approximate surface area is 500 Å². The van der Waals surface area contributed by atoms with Crippen LogP contribution in [-0.4, -0.2) is 87.5 Å². The van der Waals surface area contributed by atoms with Crippen LogP contribution in [0.5, 0.6) is 0 Å². The Morgan fingerprint density at radius 1 is 0.247 bits per heavy atom. The average Bonchev–Trinajstić information content (AvgIpc) is 3.41. The van der Waals surface area contributed by atoms with Crippen molar-refractivity contribution in [3.05, 3.63) is 0 Å². The second-order valence-electron chi connectivity index (χ2n) is 22.7. The van der Waals surface area contributed by atoms with E-state index in [1.807, 2.05) is 0 Å². The molecule has 0 spiro atoms. The molecule has 0 rings (SSSR count). The van der Waals surface area contributed by atoms with Crippen molar-refractivity contribution in [3.8, 4) is 0 Å². The maximum atomic E-state index is 8.92. The summed E-state index contributed by atoms with van der Waals surface area (Å²) in [6.45, 7) is 16.6. The van der Waals surface area contributed by atoms with Gasteiger partial charge < -0.3 is 40.9 Å². The van der Waals surface area contributed by atoms with Crippen LogP contribution in [0, 0.1) is 29.1 Å².